The van der Waals surface area contributed by atoms with Crippen LogP contribution >= 0.6 is 0 Å². The van der Waals surface area contributed by atoms with E-state index in [1.54, 1.807) is 12.1 Å². The maximum atomic E-state index is 12.1. The van der Waals surface area contributed by atoms with E-state index in [9.17, 15) is 19.2 Å². The topological polar surface area (TPSA) is 91.8 Å². The minimum atomic E-state index is -1.07. The van der Waals surface area contributed by atoms with Gasteiger partial charge in [-0.15, -0.1) is 0 Å². The van der Waals surface area contributed by atoms with Gasteiger partial charge in [-0.3, -0.25) is 19.2 Å². The molecule has 1 aromatic rings. The van der Waals surface area contributed by atoms with Crippen molar-refractivity contribution in [1.82, 2.24) is 4.90 Å². The first-order valence-electron chi connectivity index (χ1n) is 6.96. The van der Waals surface area contributed by atoms with Crippen molar-refractivity contribution in [2.45, 2.75) is 26.3 Å². The standard InChI is InChI=1S/C16H17NO5/c1-9-3-5-11(6-4-9)14-13(10(2)18)15(21)16(22)17(14)8-7-12(19)20/h3-6,13-14H,7-8H2,1-2H3,(H,19,20). The molecule has 116 valence electrons. The lowest BCUT2D eigenvalue weighted by atomic mass is 9.89. The Morgan fingerprint density at radius 3 is 2.27 bits per heavy atom. The second kappa shape index (κ2) is 6.09. The Labute approximate surface area is 127 Å². The number of hydrogen-bond acceptors (Lipinski definition) is 4. The molecule has 22 heavy (non-hydrogen) atoms. The van der Waals surface area contributed by atoms with E-state index in [2.05, 4.69) is 0 Å². The zero-order chi connectivity index (χ0) is 16.4. The maximum absolute atomic E-state index is 12.1. The highest BCUT2D eigenvalue weighted by Crippen LogP contribution is 2.36. The van der Waals surface area contributed by atoms with E-state index in [0.717, 1.165) is 5.56 Å². The summed E-state index contributed by atoms with van der Waals surface area (Å²) in [6.45, 7) is 3.08. The number of ketones is 2. The lowest BCUT2D eigenvalue weighted by molar-refractivity contribution is -0.143. The fourth-order valence-corrected chi connectivity index (χ4v) is 2.72. The number of carboxylic acid groups (broad SMARTS) is 1. The first kappa shape index (κ1) is 15.9. The smallest absolute Gasteiger partial charge is 0.305 e. The van der Waals surface area contributed by atoms with E-state index in [-0.39, 0.29) is 18.7 Å². The molecule has 1 amide bonds. The van der Waals surface area contributed by atoms with Crippen molar-refractivity contribution in [3.8, 4) is 0 Å². The summed E-state index contributed by atoms with van der Waals surface area (Å²) >= 11 is 0. The van der Waals surface area contributed by atoms with Gasteiger partial charge >= 0.3 is 5.97 Å². The molecule has 1 aliphatic rings. The van der Waals surface area contributed by atoms with Gasteiger partial charge in [-0.05, 0) is 19.4 Å². The largest absolute Gasteiger partial charge is 0.481 e. The highest BCUT2D eigenvalue weighted by molar-refractivity contribution is 6.42. The van der Waals surface area contributed by atoms with Crippen LogP contribution in [0.4, 0.5) is 0 Å². The first-order chi connectivity index (χ1) is 10.3. The average molecular weight is 303 g/mol. The molecule has 0 aliphatic carbocycles. The molecule has 1 fully saturated rings. The normalized spacial score (nSPS) is 21.3. The molecule has 2 rings (SSSR count). The summed E-state index contributed by atoms with van der Waals surface area (Å²) in [6.07, 6.45) is -0.272. The SMILES string of the molecule is CC(=O)C1C(=O)C(=O)N(CCC(=O)O)C1c1ccc(C)cc1. The van der Waals surface area contributed by atoms with Crippen LogP contribution in [0.1, 0.15) is 30.5 Å². The summed E-state index contributed by atoms with van der Waals surface area (Å²) in [7, 11) is 0. The number of hydrogen-bond donors (Lipinski definition) is 1. The summed E-state index contributed by atoms with van der Waals surface area (Å²) < 4.78 is 0. The minimum Gasteiger partial charge on any atom is -0.481 e. The molecule has 1 saturated heterocycles. The van der Waals surface area contributed by atoms with E-state index in [1.807, 2.05) is 19.1 Å². The molecule has 1 aliphatic heterocycles. The first-order valence-corrected chi connectivity index (χ1v) is 6.96. The van der Waals surface area contributed by atoms with Crippen molar-refractivity contribution in [2.75, 3.05) is 6.54 Å². The third-order valence-corrected chi connectivity index (χ3v) is 3.83. The Balaban J connectivity index is 2.42. The Kier molecular flexibility index (Phi) is 4.40. The van der Waals surface area contributed by atoms with Gasteiger partial charge in [-0.1, -0.05) is 29.8 Å². The van der Waals surface area contributed by atoms with Crippen molar-refractivity contribution in [2.24, 2.45) is 5.92 Å². The van der Waals surface area contributed by atoms with Gasteiger partial charge in [-0.2, -0.15) is 0 Å². The maximum Gasteiger partial charge on any atom is 0.305 e. The van der Waals surface area contributed by atoms with Crippen molar-refractivity contribution in [3.05, 3.63) is 35.4 Å². The van der Waals surface area contributed by atoms with E-state index >= 15 is 0 Å². The number of aryl methyl sites for hydroxylation is 1. The molecule has 0 saturated carbocycles. The zero-order valence-corrected chi connectivity index (χ0v) is 12.4. The third kappa shape index (κ3) is 2.90. The van der Waals surface area contributed by atoms with Crippen LogP contribution in [-0.4, -0.2) is 40.0 Å². The predicted octanol–water partition coefficient (Wildman–Crippen LogP) is 1.13. The third-order valence-electron chi connectivity index (χ3n) is 3.83. The molecule has 0 radical (unpaired) electrons. The molecule has 2 atom stereocenters. The molecular formula is C16H17NO5. The van der Waals surface area contributed by atoms with Gasteiger partial charge in [0.2, 0.25) is 5.78 Å². The molecular weight excluding hydrogens is 286 g/mol. The van der Waals surface area contributed by atoms with Crippen LogP contribution in [0.2, 0.25) is 0 Å². The Morgan fingerprint density at radius 1 is 1.18 bits per heavy atom. The van der Waals surface area contributed by atoms with Gasteiger partial charge < -0.3 is 10.0 Å². The van der Waals surface area contributed by atoms with Crippen LogP contribution in [0, 0.1) is 12.8 Å². The number of carbonyl (C=O) groups excluding carboxylic acids is 3. The summed E-state index contributed by atoms with van der Waals surface area (Å²) in [5.41, 5.74) is 1.67. The molecule has 1 N–H and O–H groups in total. The second-order valence-corrected chi connectivity index (χ2v) is 5.45. The fourth-order valence-electron chi connectivity index (χ4n) is 2.72. The van der Waals surface area contributed by atoms with Crippen LogP contribution in [-0.2, 0) is 19.2 Å². The summed E-state index contributed by atoms with van der Waals surface area (Å²) in [6, 6.07) is 6.45. The van der Waals surface area contributed by atoms with Crippen LogP contribution in [0.25, 0.3) is 0 Å². The quantitative estimate of drug-likeness (QED) is 0.650. The number of carbonyl (C=O) groups is 4. The number of likely N-dealkylation sites (tertiary alicyclic amines) is 1. The molecule has 1 heterocycles. The number of rotatable bonds is 5. The summed E-state index contributed by atoms with van der Waals surface area (Å²) in [5, 5.41) is 8.80. The van der Waals surface area contributed by atoms with Gasteiger partial charge in [0.25, 0.3) is 5.91 Å². The van der Waals surface area contributed by atoms with Crippen molar-refractivity contribution < 1.29 is 24.3 Å². The molecule has 6 heteroatoms. The number of amides is 1. The average Bonchev–Trinajstić information content (AvgIpc) is 2.70. The van der Waals surface area contributed by atoms with E-state index in [4.69, 9.17) is 5.11 Å². The molecule has 1 aromatic carbocycles. The number of aliphatic carboxylic acids is 1. The van der Waals surface area contributed by atoms with Gasteiger partial charge in [0.15, 0.2) is 0 Å². The molecule has 0 bridgehead atoms. The van der Waals surface area contributed by atoms with Crippen molar-refractivity contribution >= 4 is 23.4 Å². The van der Waals surface area contributed by atoms with Gasteiger partial charge in [0, 0.05) is 6.54 Å². The van der Waals surface area contributed by atoms with E-state index in [1.165, 1.54) is 11.8 Å². The van der Waals surface area contributed by atoms with Crippen LogP contribution in [0.3, 0.4) is 0 Å². The number of nitrogens with zero attached hydrogens (tertiary/aromatic N) is 1. The molecule has 2 unspecified atom stereocenters. The predicted molar refractivity (Wildman–Crippen MR) is 77.1 cm³/mol. The Morgan fingerprint density at radius 2 is 1.77 bits per heavy atom. The lowest BCUT2D eigenvalue weighted by Gasteiger charge is -2.26. The summed E-state index contributed by atoms with van der Waals surface area (Å²) in [5.74, 6) is -4.06. The molecule has 6 nitrogen and oxygen atoms in total. The number of benzene rings is 1. The zero-order valence-electron chi connectivity index (χ0n) is 12.4. The molecule has 0 aromatic heterocycles. The van der Waals surface area contributed by atoms with Gasteiger partial charge in [0.1, 0.15) is 11.7 Å². The van der Waals surface area contributed by atoms with Crippen molar-refractivity contribution in [1.29, 1.82) is 0 Å². The second-order valence-electron chi connectivity index (χ2n) is 5.45. The van der Waals surface area contributed by atoms with Gasteiger partial charge in [0.05, 0.1) is 12.5 Å². The lowest BCUT2D eigenvalue weighted by Crippen LogP contribution is -2.32. The highest BCUT2D eigenvalue weighted by atomic mass is 16.4. The number of Topliss-reactive ketones (excluding diaryl/α,β-unsaturated/α-hetero) is 2. The Hall–Kier alpha value is -2.50. The molecule has 0 spiro atoms. The van der Waals surface area contributed by atoms with Crippen molar-refractivity contribution in [3.63, 3.8) is 0 Å². The fraction of sp³-hybridized carbons (Fsp3) is 0.375. The number of carboxylic acids is 1. The van der Waals surface area contributed by atoms with Gasteiger partial charge in [-0.25, -0.2) is 0 Å². The monoisotopic (exact) mass is 303 g/mol. The van der Waals surface area contributed by atoms with Crippen LogP contribution in [0.15, 0.2) is 24.3 Å². The minimum absolute atomic E-state index is 0.0950. The van der Waals surface area contributed by atoms with Crippen LogP contribution < -0.4 is 0 Å². The highest BCUT2D eigenvalue weighted by Gasteiger charge is 2.50. The van der Waals surface area contributed by atoms with E-state index < -0.39 is 29.6 Å². The summed E-state index contributed by atoms with van der Waals surface area (Å²) in [4.78, 5) is 48.0. The van der Waals surface area contributed by atoms with Crippen LogP contribution in [0.5, 0.6) is 0 Å². The van der Waals surface area contributed by atoms with E-state index in [0.29, 0.717) is 5.56 Å². The Bertz CT molecular complexity index is 634.